The van der Waals surface area contributed by atoms with Gasteiger partial charge in [0.25, 0.3) is 0 Å². The molecule has 0 radical (unpaired) electrons. The second-order valence-corrected chi connectivity index (χ2v) is 10.3. The molecular formula is C23H26F2N2O3S. The van der Waals surface area contributed by atoms with E-state index < -0.39 is 21.7 Å². The number of hydrogen-bond acceptors (Lipinski definition) is 3. The lowest BCUT2D eigenvalue weighted by molar-refractivity contribution is -0.132. The number of halogens is 2. The number of sulfonamides is 1. The highest BCUT2D eigenvalue weighted by atomic mass is 32.2. The third kappa shape index (κ3) is 4.96. The Morgan fingerprint density at radius 1 is 1.03 bits per heavy atom. The summed E-state index contributed by atoms with van der Waals surface area (Å²) in [4.78, 5) is 14.9. The number of likely N-dealkylation sites (tertiary alicyclic amines) is 1. The van der Waals surface area contributed by atoms with E-state index in [-0.39, 0.29) is 29.3 Å². The van der Waals surface area contributed by atoms with Crippen LogP contribution >= 0.6 is 0 Å². The minimum Gasteiger partial charge on any atom is -0.342 e. The maximum Gasteiger partial charge on any atom is 0.226 e. The van der Waals surface area contributed by atoms with Crippen LogP contribution in [0.25, 0.3) is 11.1 Å². The topological polar surface area (TPSA) is 66.5 Å². The SMILES string of the molecule is CS(=O)(=O)N[C@@H]1CCCN(C(=O)[C@@H]2C[C@H]2c2ccccc2-c2c(F)cccc2F)CC1. The molecule has 0 unspecified atom stereocenters. The van der Waals surface area contributed by atoms with Crippen molar-refractivity contribution in [2.24, 2.45) is 5.92 Å². The number of carbonyl (C=O) groups is 1. The second-order valence-electron chi connectivity index (χ2n) is 8.48. The summed E-state index contributed by atoms with van der Waals surface area (Å²) in [5.74, 6) is -1.49. The van der Waals surface area contributed by atoms with Crippen molar-refractivity contribution >= 4 is 15.9 Å². The van der Waals surface area contributed by atoms with E-state index in [2.05, 4.69) is 4.72 Å². The van der Waals surface area contributed by atoms with Crippen molar-refractivity contribution in [3.05, 3.63) is 59.7 Å². The highest BCUT2D eigenvalue weighted by Gasteiger charge is 2.47. The average Bonchev–Trinajstić information content (AvgIpc) is 3.51. The second kappa shape index (κ2) is 8.67. The fourth-order valence-electron chi connectivity index (χ4n) is 4.59. The van der Waals surface area contributed by atoms with Crippen LogP contribution in [0, 0.1) is 17.6 Å². The summed E-state index contributed by atoms with van der Waals surface area (Å²) in [6, 6.07) is 10.8. The van der Waals surface area contributed by atoms with Gasteiger partial charge < -0.3 is 4.90 Å². The minimum atomic E-state index is -3.28. The predicted octanol–water partition coefficient (Wildman–Crippen LogP) is 3.67. The van der Waals surface area contributed by atoms with E-state index in [1.54, 1.807) is 17.0 Å². The van der Waals surface area contributed by atoms with Crippen molar-refractivity contribution in [3.8, 4) is 11.1 Å². The number of amides is 1. The molecule has 0 spiro atoms. The van der Waals surface area contributed by atoms with E-state index in [1.165, 1.54) is 18.2 Å². The summed E-state index contributed by atoms with van der Waals surface area (Å²) in [7, 11) is -3.28. The van der Waals surface area contributed by atoms with Crippen LogP contribution in [0.3, 0.4) is 0 Å². The Balaban J connectivity index is 1.48. The number of nitrogens with one attached hydrogen (secondary N) is 1. The molecule has 4 rings (SSSR count). The van der Waals surface area contributed by atoms with Crippen molar-refractivity contribution in [1.29, 1.82) is 0 Å². The van der Waals surface area contributed by atoms with Crippen LogP contribution in [0.15, 0.2) is 42.5 Å². The molecule has 0 aromatic heterocycles. The molecule has 2 aliphatic rings. The van der Waals surface area contributed by atoms with Crippen LogP contribution in [0.4, 0.5) is 8.78 Å². The summed E-state index contributed by atoms with van der Waals surface area (Å²) in [6.45, 7) is 1.09. The number of rotatable bonds is 5. The Morgan fingerprint density at radius 2 is 1.74 bits per heavy atom. The third-order valence-corrected chi connectivity index (χ3v) is 6.88. The fourth-order valence-corrected chi connectivity index (χ4v) is 5.43. The van der Waals surface area contributed by atoms with Crippen molar-refractivity contribution in [1.82, 2.24) is 9.62 Å². The summed E-state index contributed by atoms with van der Waals surface area (Å²) in [5, 5.41) is 0. The van der Waals surface area contributed by atoms with Crippen LogP contribution in [0.5, 0.6) is 0 Å². The van der Waals surface area contributed by atoms with Crippen molar-refractivity contribution in [2.45, 2.75) is 37.6 Å². The standard InChI is InChI=1S/C23H26F2N2O3S/c1-31(29,30)26-15-6-5-12-27(13-11-15)23(28)19-14-18(19)16-7-2-3-8-17(16)22-20(24)9-4-10-21(22)25/h2-4,7-10,15,18-19,26H,5-6,11-14H2,1H3/t15-,18+,19-/m1/s1. The van der Waals surface area contributed by atoms with Gasteiger partial charge in [-0.1, -0.05) is 30.3 Å². The molecule has 1 aliphatic carbocycles. The van der Waals surface area contributed by atoms with E-state index >= 15 is 0 Å². The van der Waals surface area contributed by atoms with Gasteiger partial charge in [0.15, 0.2) is 0 Å². The van der Waals surface area contributed by atoms with Crippen molar-refractivity contribution in [2.75, 3.05) is 19.3 Å². The van der Waals surface area contributed by atoms with Crippen LogP contribution < -0.4 is 4.72 Å². The zero-order chi connectivity index (χ0) is 22.2. The van der Waals surface area contributed by atoms with Gasteiger partial charge in [0, 0.05) is 25.0 Å². The number of nitrogens with zero attached hydrogens (tertiary/aromatic N) is 1. The van der Waals surface area contributed by atoms with Crippen LogP contribution in [-0.2, 0) is 14.8 Å². The molecule has 166 valence electrons. The molecule has 3 atom stereocenters. The van der Waals surface area contributed by atoms with E-state index in [0.717, 1.165) is 18.2 Å². The first-order chi connectivity index (χ1) is 14.7. The normalized spacial score (nSPS) is 24.0. The summed E-state index contributed by atoms with van der Waals surface area (Å²) in [6.07, 6.45) is 3.79. The van der Waals surface area contributed by atoms with Gasteiger partial charge in [0.05, 0.1) is 11.8 Å². The Hall–Kier alpha value is -2.32. The zero-order valence-corrected chi connectivity index (χ0v) is 18.2. The smallest absolute Gasteiger partial charge is 0.226 e. The lowest BCUT2D eigenvalue weighted by atomic mass is 9.95. The molecule has 1 aliphatic heterocycles. The fraction of sp³-hybridized carbons (Fsp3) is 0.435. The molecule has 1 amide bonds. The van der Waals surface area contributed by atoms with Crippen LogP contribution in [-0.4, -0.2) is 44.6 Å². The van der Waals surface area contributed by atoms with Crippen molar-refractivity contribution < 1.29 is 22.0 Å². The molecule has 5 nitrogen and oxygen atoms in total. The van der Waals surface area contributed by atoms with Gasteiger partial charge in [-0.15, -0.1) is 0 Å². The quantitative estimate of drug-likeness (QED) is 0.759. The molecule has 1 heterocycles. The molecule has 8 heteroatoms. The molecule has 0 bridgehead atoms. The van der Waals surface area contributed by atoms with Gasteiger partial charge in [0.2, 0.25) is 15.9 Å². The Labute approximate surface area is 181 Å². The first kappa shape index (κ1) is 21.9. The predicted molar refractivity (Wildman–Crippen MR) is 115 cm³/mol. The molecule has 2 fully saturated rings. The Kier molecular flexibility index (Phi) is 6.12. The summed E-state index contributed by atoms with van der Waals surface area (Å²) >= 11 is 0. The Bertz CT molecular complexity index is 1070. The van der Waals surface area contributed by atoms with Crippen LogP contribution in [0.1, 0.15) is 37.2 Å². The molecule has 1 saturated heterocycles. The van der Waals surface area contributed by atoms with Crippen LogP contribution in [0.2, 0.25) is 0 Å². The summed E-state index contributed by atoms with van der Waals surface area (Å²) in [5.41, 5.74) is 1.23. The maximum absolute atomic E-state index is 14.4. The first-order valence-electron chi connectivity index (χ1n) is 10.5. The van der Waals surface area contributed by atoms with E-state index in [0.29, 0.717) is 37.9 Å². The molecule has 1 N–H and O–H groups in total. The highest BCUT2D eigenvalue weighted by Crippen LogP contribution is 2.51. The van der Waals surface area contributed by atoms with Gasteiger partial charge >= 0.3 is 0 Å². The molecular weight excluding hydrogens is 422 g/mol. The highest BCUT2D eigenvalue weighted by molar-refractivity contribution is 7.88. The van der Waals surface area contributed by atoms with Gasteiger partial charge in [0.1, 0.15) is 11.6 Å². The van der Waals surface area contributed by atoms with Gasteiger partial charge in [-0.3, -0.25) is 4.79 Å². The maximum atomic E-state index is 14.4. The monoisotopic (exact) mass is 448 g/mol. The lowest BCUT2D eigenvalue weighted by Gasteiger charge is -2.21. The van der Waals surface area contributed by atoms with E-state index in [9.17, 15) is 22.0 Å². The third-order valence-electron chi connectivity index (χ3n) is 6.12. The Morgan fingerprint density at radius 3 is 2.45 bits per heavy atom. The molecule has 2 aromatic rings. The van der Waals surface area contributed by atoms with Gasteiger partial charge in [-0.05, 0) is 54.9 Å². The number of benzene rings is 2. The summed E-state index contributed by atoms with van der Waals surface area (Å²) < 4.78 is 54.4. The van der Waals surface area contributed by atoms with Crippen molar-refractivity contribution in [3.63, 3.8) is 0 Å². The average molecular weight is 449 g/mol. The van der Waals surface area contributed by atoms with E-state index in [4.69, 9.17) is 0 Å². The zero-order valence-electron chi connectivity index (χ0n) is 17.4. The number of hydrogen-bond donors (Lipinski definition) is 1. The lowest BCUT2D eigenvalue weighted by Crippen LogP contribution is -2.36. The number of carbonyl (C=O) groups excluding carboxylic acids is 1. The van der Waals surface area contributed by atoms with E-state index in [1.807, 2.05) is 12.1 Å². The molecule has 1 saturated carbocycles. The van der Waals surface area contributed by atoms with Gasteiger partial charge in [-0.25, -0.2) is 21.9 Å². The van der Waals surface area contributed by atoms with Gasteiger partial charge in [-0.2, -0.15) is 0 Å². The molecule has 2 aromatic carbocycles. The largest absolute Gasteiger partial charge is 0.342 e. The minimum absolute atomic E-state index is 0.0359. The molecule has 31 heavy (non-hydrogen) atoms. The first-order valence-corrected chi connectivity index (χ1v) is 12.4.